The zero-order valence-electron chi connectivity index (χ0n) is 12.4. The Morgan fingerprint density at radius 2 is 2.09 bits per heavy atom. The monoisotopic (exact) mass is 302 g/mol. The lowest BCUT2D eigenvalue weighted by Crippen LogP contribution is -2.51. The number of carbonyl (C=O) groups excluding carboxylic acids is 3. The molecule has 0 atom stereocenters. The van der Waals surface area contributed by atoms with Crippen molar-refractivity contribution in [3.8, 4) is 0 Å². The van der Waals surface area contributed by atoms with E-state index in [0.717, 1.165) is 12.0 Å². The van der Waals surface area contributed by atoms with E-state index >= 15 is 0 Å². The molecule has 7 heteroatoms. The molecule has 0 saturated carbocycles. The molecule has 0 spiro atoms. The van der Waals surface area contributed by atoms with Gasteiger partial charge in [-0.3, -0.25) is 9.59 Å². The van der Waals surface area contributed by atoms with Crippen molar-refractivity contribution in [2.45, 2.75) is 6.42 Å². The number of benzene rings is 1. The van der Waals surface area contributed by atoms with Crippen molar-refractivity contribution in [2.24, 2.45) is 0 Å². The van der Waals surface area contributed by atoms with Crippen LogP contribution in [-0.4, -0.2) is 60.9 Å². The molecule has 22 heavy (non-hydrogen) atoms. The van der Waals surface area contributed by atoms with Crippen molar-refractivity contribution >= 4 is 23.5 Å². The van der Waals surface area contributed by atoms with E-state index in [2.05, 4.69) is 10.6 Å². The van der Waals surface area contributed by atoms with Crippen LogP contribution in [0.25, 0.3) is 0 Å². The topological polar surface area (TPSA) is 81.8 Å². The van der Waals surface area contributed by atoms with Gasteiger partial charge < -0.3 is 20.4 Å². The maximum atomic E-state index is 12.2. The SMILES string of the molecule is CN1CCc2ccc(NC(=O)N3CCNC(=O)C3)cc2C1=O. The average molecular weight is 302 g/mol. The highest BCUT2D eigenvalue weighted by atomic mass is 16.2. The molecule has 2 heterocycles. The van der Waals surface area contributed by atoms with Crippen LogP contribution in [0.2, 0.25) is 0 Å². The van der Waals surface area contributed by atoms with Gasteiger partial charge in [0.25, 0.3) is 5.91 Å². The molecule has 0 radical (unpaired) electrons. The average Bonchev–Trinajstić information content (AvgIpc) is 2.51. The zero-order chi connectivity index (χ0) is 15.7. The first-order valence-corrected chi connectivity index (χ1v) is 7.25. The van der Waals surface area contributed by atoms with Gasteiger partial charge in [0, 0.05) is 37.9 Å². The molecule has 4 amide bonds. The summed E-state index contributed by atoms with van der Waals surface area (Å²) in [6.07, 6.45) is 0.818. The van der Waals surface area contributed by atoms with Gasteiger partial charge in [0.05, 0.1) is 0 Å². The molecule has 0 unspecified atom stereocenters. The lowest BCUT2D eigenvalue weighted by Gasteiger charge is -2.27. The smallest absolute Gasteiger partial charge is 0.322 e. The van der Waals surface area contributed by atoms with E-state index in [0.29, 0.717) is 30.9 Å². The molecule has 2 aliphatic heterocycles. The molecule has 2 N–H and O–H groups in total. The summed E-state index contributed by atoms with van der Waals surface area (Å²) in [5, 5.41) is 5.43. The summed E-state index contributed by atoms with van der Waals surface area (Å²) >= 11 is 0. The van der Waals surface area contributed by atoms with Gasteiger partial charge in [0.15, 0.2) is 0 Å². The van der Waals surface area contributed by atoms with Crippen LogP contribution < -0.4 is 10.6 Å². The van der Waals surface area contributed by atoms with Gasteiger partial charge >= 0.3 is 6.03 Å². The Labute approximate surface area is 128 Å². The molecule has 1 aromatic rings. The van der Waals surface area contributed by atoms with E-state index in [-0.39, 0.29) is 24.4 Å². The predicted molar refractivity (Wildman–Crippen MR) is 80.7 cm³/mol. The zero-order valence-corrected chi connectivity index (χ0v) is 12.4. The molecule has 3 rings (SSSR count). The molecular formula is C15H18N4O3. The van der Waals surface area contributed by atoms with Crippen LogP contribution in [0, 0.1) is 0 Å². The Hall–Kier alpha value is -2.57. The standard InChI is InChI=1S/C15H18N4O3/c1-18-6-4-10-2-3-11(8-12(10)14(18)21)17-15(22)19-7-5-16-13(20)9-19/h2-3,8H,4-7,9H2,1H3,(H,16,20)(H,17,22). The number of anilines is 1. The fourth-order valence-corrected chi connectivity index (χ4v) is 2.68. The van der Waals surface area contributed by atoms with E-state index in [1.807, 2.05) is 6.07 Å². The fraction of sp³-hybridized carbons (Fsp3) is 0.400. The van der Waals surface area contributed by atoms with E-state index in [1.165, 1.54) is 4.90 Å². The van der Waals surface area contributed by atoms with Crippen LogP contribution in [-0.2, 0) is 11.2 Å². The van der Waals surface area contributed by atoms with Crippen molar-refractivity contribution in [2.75, 3.05) is 38.5 Å². The van der Waals surface area contributed by atoms with E-state index < -0.39 is 0 Å². The molecule has 116 valence electrons. The summed E-state index contributed by atoms with van der Waals surface area (Å²) in [5.74, 6) is -0.196. The van der Waals surface area contributed by atoms with Crippen molar-refractivity contribution in [3.05, 3.63) is 29.3 Å². The van der Waals surface area contributed by atoms with Gasteiger partial charge in [-0.25, -0.2) is 4.79 Å². The van der Waals surface area contributed by atoms with Crippen LogP contribution in [0.1, 0.15) is 15.9 Å². The second-order valence-corrected chi connectivity index (χ2v) is 5.55. The van der Waals surface area contributed by atoms with Gasteiger partial charge in [0.1, 0.15) is 6.54 Å². The maximum Gasteiger partial charge on any atom is 0.322 e. The Morgan fingerprint density at radius 1 is 1.27 bits per heavy atom. The summed E-state index contributed by atoms with van der Waals surface area (Å²) in [4.78, 5) is 38.8. The largest absolute Gasteiger partial charge is 0.353 e. The number of nitrogens with one attached hydrogen (secondary N) is 2. The number of likely N-dealkylation sites (N-methyl/N-ethyl adjacent to an activating group) is 1. The summed E-state index contributed by atoms with van der Waals surface area (Å²) in [7, 11) is 1.77. The number of amides is 4. The number of urea groups is 1. The summed E-state index contributed by atoms with van der Waals surface area (Å²) in [6.45, 7) is 1.70. The first-order valence-electron chi connectivity index (χ1n) is 7.25. The summed E-state index contributed by atoms with van der Waals surface area (Å²) in [5.41, 5.74) is 2.19. The third-order valence-electron chi connectivity index (χ3n) is 3.98. The molecule has 2 aliphatic rings. The summed E-state index contributed by atoms with van der Waals surface area (Å²) < 4.78 is 0. The third-order valence-corrected chi connectivity index (χ3v) is 3.98. The molecule has 0 aromatic heterocycles. The molecule has 7 nitrogen and oxygen atoms in total. The number of piperazine rings is 1. The Balaban J connectivity index is 1.74. The minimum Gasteiger partial charge on any atom is -0.353 e. The minimum absolute atomic E-state index is 0.0327. The van der Waals surface area contributed by atoms with Crippen LogP contribution >= 0.6 is 0 Å². The molecular weight excluding hydrogens is 284 g/mol. The minimum atomic E-state index is -0.327. The van der Waals surface area contributed by atoms with Gasteiger partial charge in [-0.05, 0) is 24.1 Å². The molecule has 0 bridgehead atoms. The third kappa shape index (κ3) is 2.74. The van der Waals surface area contributed by atoms with E-state index in [1.54, 1.807) is 24.1 Å². The van der Waals surface area contributed by atoms with Crippen LogP contribution in [0.4, 0.5) is 10.5 Å². The number of fused-ring (bicyclic) bond motifs is 1. The summed E-state index contributed by atoms with van der Waals surface area (Å²) in [6, 6.07) is 5.04. The predicted octanol–water partition coefficient (Wildman–Crippen LogP) is 0.278. The Bertz CT molecular complexity index is 644. The molecule has 1 fully saturated rings. The lowest BCUT2D eigenvalue weighted by molar-refractivity contribution is -0.123. The van der Waals surface area contributed by atoms with Crippen molar-refractivity contribution in [1.29, 1.82) is 0 Å². The highest BCUT2D eigenvalue weighted by Gasteiger charge is 2.24. The van der Waals surface area contributed by atoms with Gasteiger partial charge in [-0.2, -0.15) is 0 Å². The van der Waals surface area contributed by atoms with E-state index in [4.69, 9.17) is 0 Å². The lowest BCUT2D eigenvalue weighted by atomic mass is 9.99. The second-order valence-electron chi connectivity index (χ2n) is 5.55. The molecule has 1 aromatic carbocycles. The van der Waals surface area contributed by atoms with Crippen LogP contribution in [0.3, 0.4) is 0 Å². The Kier molecular flexibility index (Phi) is 3.70. The number of nitrogens with zero attached hydrogens (tertiary/aromatic N) is 2. The fourth-order valence-electron chi connectivity index (χ4n) is 2.68. The number of hydrogen-bond acceptors (Lipinski definition) is 3. The van der Waals surface area contributed by atoms with Gasteiger partial charge in [-0.1, -0.05) is 6.07 Å². The van der Waals surface area contributed by atoms with Crippen molar-refractivity contribution < 1.29 is 14.4 Å². The highest BCUT2D eigenvalue weighted by molar-refractivity contribution is 5.99. The van der Waals surface area contributed by atoms with Crippen molar-refractivity contribution in [1.82, 2.24) is 15.1 Å². The Morgan fingerprint density at radius 3 is 2.86 bits per heavy atom. The first kappa shape index (κ1) is 14.4. The number of hydrogen-bond donors (Lipinski definition) is 2. The van der Waals surface area contributed by atoms with Crippen molar-refractivity contribution in [3.63, 3.8) is 0 Å². The normalized spacial score (nSPS) is 17.9. The number of rotatable bonds is 1. The first-order chi connectivity index (χ1) is 10.5. The quantitative estimate of drug-likeness (QED) is 0.782. The second kappa shape index (κ2) is 5.67. The van der Waals surface area contributed by atoms with Gasteiger partial charge in [-0.15, -0.1) is 0 Å². The molecule has 0 aliphatic carbocycles. The maximum absolute atomic E-state index is 12.2. The van der Waals surface area contributed by atoms with Gasteiger partial charge in [0.2, 0.25) is 5.91 Å². The number of carbonyl (C=O) groups is 3. The van der Waals surface area contributed by atoms with E-state index in [9.17, 15) is 14.4 Å². The van der Waals surface area contributed by atoms with Crippen LogP contribution in [0.5, 0.6) is 0 Å². The highest BCUT2D eigenvalue weighted by Crippen LogP contribution is 2.22. The van der Waals surface area contributed by atoms with Crippen LogP contribution in [0.15, 0.2) is 18.2 Å². The molecule has 1 saturated heterocycles.